The molecule has 0 aliphatic heterocycles. The molecule has 1 aromatic heterocycles. The fourth-order valence-electron chi connectivity index (χ4n) is 2.97. The van der Waals surface area contributed by atoms with Crippen molar-refractivity contribution in [3.05, 3.63) is 70.9 Å². The second-order valence-corrected chi connectivity index (χ2v) is 6.69. The maximum absolute atomic E-state index is 14.1. The summed E-state index contributed by atoms with van der Waals surface area (Å²) >= 11 is 0. The quantitative estimate of drug-likeness (QED) is 0.537. The second-order valence-electron chi connectivity index (χ2n) is 6.69. The van der Waals surface area contributed by atoms with E-state index in [2.05, 4.69) is 15.6 Å². The number of benzene rings is 2. The summed E-state index contributed by atoms with van der Waals surface area (Å²) in [5.74, 6) is -2.18. The number of amides is 1. The summed E-state index contributed by atoms with van der Waals surface area (Å²) in [6, 6.07) is 7.19. The number of pyridine rings is 1. The molecule has 2 aromatic carbocycles. The lowest BCUT2D eigenvalue weighted by atomic mass is 10.1. The van der Waals surface area contributed by atoms with Crippen LogP contribution in [0.25, 0.3) is 10.9 Å². The van der Waals surface area contributed by atoms with Crippen molar-refractivity contribution in [3.8, 4) is 0 Å². The zero-order valence-corrected chi connectivity index (χ0v) is 16.1. The predicted octanol–water partition coefficient (Wildman–Crippen LogP) is 5.45. The molecule has 2 N–H and O–H groups in total. The maximum Gasteiger partial charge on any atom is 0.416 e. The Balaban J connectivity index is 1.80. The molecule has 0 saturated heterocycles. The van der Waals surface area contributed by atoms with Gasteiger partial charge >= 0.3 is 6.18 Å². The van der Waals surface area contributed by atoms with Crippen LogP contribution in [0, 0.1) is 11.6 Å². The minimum absolute atomic E-state index is 0.0284. The van der Waals surface area contributed by atoms with Crippen LogP contribution in [0.15, 0.2) is 42.5 Å². The Bertz CT molecular complexity index is 1070. The lowest BCUT2D eigenvalue weighted by molar-refractivity contribution is -0.137. The van der Waals surface area contributed by atoms with Crippen LogP contribution < -0.4 is 10.6 Å². The number of rotatable bonds is 5. The van der Waals surface area contributed by atoms with Crippen LogP contribution in [0.3, 0.4) is 0 Å². The summed E-state index contributed by atoms with van der Waals surface area (Å²) in [5.41, 5.74) is -0.646. The van der Waals surface area contributed by atoms with Crippen LogP contribution in [-0.4, -0.2) is 17.4 Å². The number of fused-ring (bicyclic) bond motifs is 1. The lowest BCUT2D eigenvalue weighted by Crippen LogP contribution is -2.27. The summed E-state index contributed by atoms with van der Waals surface area (Å²) < 4.78 is 66.6. The average Bonchev–Trinajstić information content (AvgIpc) is 2.68. The highest BCUT2D eigenvalue weighted by atomic mass is 19.4. The molecule has 0 saturated carbocycles. The Morgan fingerprint density at radius 3 is 2.33 bits per heavy atom. The third-order valence-electron chi connectivity index (χ3n) is 4.51. The number of anilines is 1. The van der Waals surface area contributed by atoms with E-state index in [9.17, 15) is 26.7 Å². The molecule has 4 nitrogen and oxygen atoms in total. The van der Waals surface area contributed by atoms with E-state index < -0.39 is 35.3 Å². The number of hydrogen-bond acceptors (Lipinski definition) is 3. The minimum atomic E-state index is -4.48. The molecule has 3 aromatic rings. The number of nitrogens with one attached hydrogen (secondary N) is 2. The Hall–Kier alpha value is -3.23. The first-order valence-electron chi connectivity index (χ1n) is 9.12. The molecule has 1 heterocycles. The van der Waals surface area contributed by atoms with Crippen LogP contribution in [0.4, 0.5) is 27.6 Å². The number of aromatic nitrogens is 1. The monoisotopic (exact) mass is 423 g/mol. The molecule has 0 fully saturated rings. The van der Waals surface area contributed by atoms with E-state index in [1.807, 2.05) is 0 Å². The van der Waals surface area contributed by atoms with Gasteiger partial charge in [0.25, 0.3) is 5.91 Å². The minimum Gasteiger partial charge on any atom is -0.381 e. The molecule has 0 aliphatic rings. The predicted molar refractivity (Wildman–Crippen MR) is 103 cm³/mol. The fraction of sp³-hybridized carbons (Fsp3) is 0.238. The largest absolute Gasteiger partial charge is 0.416 e. The first-order valence-corrected chi connectivity index (χ1v) is 9.12. The van der Waals surface area contributed by atoms with Crippen molar-refractivity contribution in [1.29, 1.82) is 0 Å². The van der Waals surface area contributed by atoms with Crippen LogP contribution >= 0.6 is 0 Å². The zero-order valence-electron chi connectivity index (χ0n) is 16.1. The Labute approximate surface area is 169 Å². The average molecular weight is 423 g/mol. The third-order valence-corrected chi connectivity index (χ3v) is 4.51. The topological polar surface area (TPSA) is 54.0 Å². The van der Waals surface area contributed by atoms with E-state index in [0.29, 0.717) is 6.54 Å². The van der Waals surface area contributed by atoms with Gasteiger partial charge in [0.2, 0.25) is 0 Å². The number of hydrogen-bond donors (Lipinski definition) is 2. The molecule has 0 unspecified atom stereocenters. The standard InChI is InChI=1S/C21H18F5N3O/c1-3-27-19-15(22)9-13(10-16(19)23)11(2)28-20(30)18-6-4-12-8-14(21(24,25)26)5-7-17(12)29-18/h4-11,27H,3H2,1-2H3,(H,28,30)/t11-/m1/s1. The first kappa shape index (κ1) is 21.5. The molecule has 158 valence electrons. The highest BCUT2D eigenvalue weighted by molar-refractivity contribution is 5.95. The van der Waals surface area contributed by atoms with E-state index >= 15 is 0 Å². The van der Waals surface area contributed by atoms with Crippen molar-refractivity contribution in [2.45, 2.75) is 26.1 Å². The summed E-state index contributed by atoms with van der Waals surface area (Å²) in [7, 11) is 0. The second kappa shape index (κ2) is 8.25. The van der Waals surface area contributed by atoms with Gasteiger partial charge in [-0.2, -0.15) is 13.2 Å². The molecule has 1 atom stereocenters. The molecule has 30 heavy (non-hydrogen) atoms. The van der Waals surface area contributed by atoms with Crippen LogP contribution in [0.2, 0.25) is 0 Å². The van der Waals surface area contributed by atoms with Gasteiger partial charge in [0.15, 0.2) is 0 Å². The van der Waals surface area contributed by atoms with Crippen LogP contribution in [0.1, 0.15) is 41.5 Å². The Kier molecular flexibility index (Phi) is 5.91. The summed E-state index contributed by atoms with van der Waals surface area (Å²) in [6.45, 7) is 3.60. The number of alkyl halides is 3. The van der Waals surface area contributed by atoms with Gasteiger partial charge < -0.3 is 10.6 Å². The molecule has 0 spiro atoms. The third kappa shape index (κ3) is 4.50. The SMILES string of the molecule is CCNc1c(F)cc([C@@H](C)NC(=O)c2ccc3cc(C(F)(F)F)ccc3n2)cc1F. The molecule has 0 bridgehead atoms. The van der Waals surface area contributed by atoms with Gasteiger partial charge in [-0.3, -0.25) is 4.79 Å². The van der Waals surface area contributed by atoms with Crippen molar-refractivity contribution in [2.75, 3.05) is 11.9 Å². The smallest absolute Gasteiger partial charge is 0.381 e. The van der Waals surface area contributed by atoms with Gasteiger partial charge in [-0.05, 0) is 55.8 Å². The van der Waals surface area contributed by atoms with Gasteiger partial charge in [-0.25, -0.2) is 13.8 Å². The highest BCUT2D eigenvalue weighted by Gasteiger charge is 2.30. The van der Waals surface area contributed by atoms with E-state index in [1.54, 1.807) is 13.8 Å². The molecule has 0 radical (unpaired) electrons. The Morgan fingerprint density at radius 1 is 1.07 bits per heavy atom. The van der Waals surface area contributed by atoms with Crippen molar-refractivity contribution in [1.82, 2.24) is 10.3 Å². The van der Waals surface area contributed by atoms with Crippen molar-refractivity contribution in [3.63, 3.8) is 0 Å². The van der Waals surface area contributed by atoms with Gasteiger partial charge in [-0.1, -0.05) is 6.07 Å². The highest BCUT2D eigenvalue weighted by Crippen LogP contribution is 2.31. The maximum atomic E-state index is 14.1. The molecule has 3 rings (SSSR count). The van der Waals surface area contributed by atoms with Gasteiger partial charge in [0.05, 0.1) is 17.1 Å². The van der Waals surface area contributed by atoms with Crippen molar-refractivity contribution >= 4 is 22.5 Å². The van der Waals surface area contributed by atoms with E-state index in [4.69, 9.17) is 0 Å². The lowest BCUT2D eigenvalue weighted by Gasteiger charge is -2.16. The first-order chi connectivity index (χ1) is 14.1. The number of halogens is 5. The molecular formula is C21H18F5N3O. The van der Waals surface area contributed by atoms with E-state index in [1.165, 1.54) is 18.2 Å². The van der Waals surface area contributed by atoms with Crippen molar-refractivity contribution < 1.29 is 26.7 Å². The zero-order chi connectivity index (χ0) is 22.1. The molecular weight excluding hydrogens is 405 g/mol. The summed E-state index contributed by atoms with van der Waals surface area (Å²) in [5, 5.41) is 5.41. The number of carbonyl (C=O) groups excluding carboxylic acids is 1. The normalized spacial score (nSPS) is 12.6. The summed E-state index contributed by atoms with van der Waals surface area (Å²) in [6.07, 6.45) is -4.48. The van der Waals surface area contributed by atoms with Crippen LogP contribution in [0.5, 0.6) is 0 Å². The molecule has 1 amide bonds. The Morgan fingerprint density at radius 2 is 1.73 bits per heavy atom. The van der Waals surface area contributed by atoms with Gasteiger partial charge in [0.1, 0.15) is 23.0 Å². The van der Waals surface area contributed by atoms with Gasteiger partial charge in [0, 0.05) is 11.9 Å². The fourth-order valence-corrected chi connectivity index (χ4v) is 2.97. The summed E-state index contributed by atoms with van der Waals surface area (Å²) in [4.78, 5) is 16.6. The van der Waals surface area contributed by atoms with Gasteiger partial charge in [-0.15, -0.1) is 0 Å². The number of carbonyl (C=O) groups is 1. The van der Waals surface area contributed by atoms with Crippen molar-refractivity contribution in [2.24, 2.45) is 0 Å². The van der Waals surface area contributed by atoms with Crippen LogP contribution in [-0.2, 0) is 6.18 Å². The number of nitrogens with zero attached hydrogens (tertiary/aromatic N) is 1. The molecule has 9 heteroatoms. The van der Waals surface area contributed by atoms with E-state index in [-0.39, 0.29) is 27.8 Å². The molecule has 0 aliphatic carbocycles. The van der Waals surface area contributed by atoms with E-state index in [0.717, 1.165) is 24.3 Å².